The average Bonchev–Trinajstić information content (AvgIpc) is 2.38. The van der Waals surface area contributed by atoms with Crippen molar-refractivity contribution in [1.82, 2.24) is 9.97 Å². The molecular weight excluding hydrogens is 260 g/mol. The highest BCUT2D eigenvalue weighted by molar-refractivity contribution is 6.16. The highest BCUT2D eigenvalue weighted by Gasteiger charge is 2.10. The molecule has 1 heterocycles. The normalized spacial score (nSPS) is 10.8. The van der Waals surface area contributed by atoms with E-state index in [4.69, 9.17) is 16.3 Å². The molecular formula is C15H17ClN2O. The number of alkyl halides is 1. The molecule has 0 spiro atoms. The standard InChI is InChI=1S/C15H17ClN2O/c1-10(2)13-5-4-11(3)6-14(13)19-15-9-17-8-12(7-16)18-15/h4-6,8-10H,7H2,1-3H3. The molecule has 19 heavy (non-hydrogen) atoms. The summed E-state index contributed by atoms with van der Waals surface area (Å²) in [5.74, 6) is 2.02. The largest absolute Gasteiger partial charge is 0.437 e. The van der Waals surface area contributed by atoms with Gasteiger partial charge in [-0.2, -0.15) is 0 Å². The van der Waals surface area contributed by atoms with Crippen LogP contribution in [0.1, 0.15) is 36.6 Å². The maximum atomic E-state index is 5.86. The molecule has 1 aromatic heterocycles. The van der Waals surface area contributed by atoms with Crippen LogP contribution in [0.2, 0.25) is 0 Å². The summed E-state index contributed by atoms with van der Waals surface area (Å²) in [5, 5.41) is 0. The molecule has 1 aromatic carbocycles. The van der Waals surface area contributed by atoms with Crippen molar-refractivity contribution in [2.45, 2.75) is 32.6 Å². The summed E-state index contributed by atoms with van der Waals surface area (Å²) in [6.07, 6.45) is 3.24. The summed E-state index contributed by atoms with van der Waals surface area (Å²) in [7, 11) is 0. The van der Waals surface area contributed by atoms with Crippen LogP contribution in [0.4, 0.5) is 0 Å². The Morgan fingerprint density at radius 3 is 2.74 bits per heavy atom. The van der Waals surface area contributed by atoms with Gasteiger partial charge in [0.05, 0.1) is 17.8 Å². The molecule has 0 aliphatic rings. The molecule has 0 N–H and O–H groups in total. The monoisotopic (exact) mass is 276 g/mol. The summed E-state index contributed by atoms with van der Waals surface area (Å²) in [5.41, 5.74) is 3.02. The van der Waals surface area contributed by atoms with Crippen molar-refractivity contribution >= 4 is 11.6 Å². The van der Waals surface area contributed by atoms with Crippen LogP contribution in [0.15, 0.2) is 30.6 Å². The molecule has 0 aliphatic carbocycles. The summed E-state index contributed by atoms with van der Waals surface area (Å²) < 4.78 is 5.86. The Kier molecular flexibility index (Phi) is 4.38. The molecule has 0 radical (unpaired) electrons. The van der Waals surface area contributed by atoms with E-state index in [9.17, 15) is 0 Å². The zero-order valence-corrected chi connectivity index (χ0v) is 12.1. The van der Waals surface area contributed by atoms with Gasteiger partial charge in [0.15, 0.2) is 0 Å². The second kappa shape index (κ2) is 6.02. The van der Waals surface area contributed by atoms with Gasteiger partial charge in [0.25, 0.3) is 0 Å². The van der Waals surface area contributed by atoms with Gasteiger partial charge in [0.1, 0.15) is 5.75 Å². The van der Waals surface area contributed by atoms with Gasteiger partial charge < -0.3 is 4.74 Å². The van der Waals surface area contributed by atoms with Crippen molar-refractivity contribution < 1.29 is 4.74 Å². The van der Waals surface area contributed by atoms with E-state index in [0.29, 0.717) is 23.4 Å². The van der Waals surface area contributed by atoms with Crippen molar-refractivity contribution in [3.8, 4) is 11.6 Å². The van der Waals surface area contributed by atoms with Crippen LogP contribution in [0.25, 0.3) is 0 Å². The van der Waals surface area contributed by atoms with Crippen molar-refractivity contribution in [3.63, 3.8) is 0 Å². The van der Waals surface area contributed by atoms with E-state index < -0.39 is 0 Å². The van der Waals surface area contributed by atoms with Crippen LogP contribution in [-0.2, 0) is 5.88 Å². The minimum Gasteiger partial charge on any atom is -0.437 e. The molecule has 0 saturated carbocycles. The first-order valence-corrected chi connectivity index (χ1v) is 6.79. The molecule has 3 nitrogen and oxygen atoms in total. The van der Waals surface area contributed by atoms with E-state index in [2.05, 4.69) is 35.9 Å². The Labute approximate surface area is 118 Å². The Morgan fingerprint density at radius 2 is 2.05 bits per heavy atom. The lowest BCUT2D eigenvalue weighted by atomic mass is 10.0. The average molecular weight is 277 g/mol. The van der Waals surface area contributed by atoms with Gasteiger partial charge in [-0.3, -0.25) is 4.98 Å². The molecule has 4 heteroatoms. The number of aryl methyl sites for hydroxylation is 1. The number of benzene rings is 1. The van der Waals surface area contributed by atoms with Gasteiger partial charge in [-0.1, -0.05) is 26.0 Å². The number of rotatable bonds is 4. The zero-order chi connectivity index (χ0) is 13.8. The first-order valence-electron chi connectivity index (χ1n) is 6.25. The Balaban J connectivity index is 2.33. The highest BCUT2D eigenvalue weighted by atomic mass is 35.5. The number of aromatic nitrogens is 2. The van der Waals surface area contributed by atoms with Crippen molar-refractivity contribution in [3.05, 3.63) is 47.4 Å². The molecule has 2 aromatic rings. The predicted octanol–water partition coefficient (Wildman–Crippen LogP) is 4.44. The maximum absolute atomic E-state index is 5.86. The van der Waals surface area contributed by atoms with Gasteiger partial charge in [-0.25, -0.2) is 4.98 Å². The SMILES string of the molecule is Cc1ccc(C(C)C)c(Oc2cncc(CCl)n2)c1. The minimum absolute atomic E-state index is 0.328. The lowest BCUT2D eigenvalue weighted by Crippen LogP contribution is -1.98. The number of hydrogen-bond donors (Lipinski definition) is 0. The van der Waals surface area contributed by atoms with Crippen molar-refractivity contribution in [2.24, 2.45) is 0 Å². The van der Waals surface area contributed by atoms with Crippen molar-refractivity contribution in [2.75, 3.05) is 0 Å². The predicted molar refractivity (Wildman–Crippen MR) is 76.9 cm³/mol. The van der Waals surface area contributed by atoms with E-state index >= 15 is 0 Å². The quantitative estimate of drug-likeness (QED) is 0.775. The number of nitrogens with zero attached hydrogens (tertiary/aromatic N) is 2. The third kappa shape index (κ3) is 3.44. The highest BCUT2D eigenvalue weighted by Crippen LogP contribution is 2.30. The van der Waals surface area contributed by atoms with E-state index in [0.717, 1.165) is 16.9 Å². The Hall–Kier alpha value is -1.61. The fraction of sp³-hybridized carbons (Fsp3) is 0.333. The number of hydrogen-bond acceptors (Lipinski definition) is 3. The molecule has 0 fully saturated rings. The fourth-order valence-corrected chi connectivity index (χ4v) is 1.95. The van der Waals surface area contributed by atoms with E-state index in [1.54, 1.807) is 12.4 Å². The summed E-state index contributed by atoms with van der Waals surface area (Å²) in [6.45, 7) is 6.31. The summed E-state index contributed by atoms with van der Waals surface area (Å²) >= 11 is 5.75. The van der Waals surface area contributed by atoms with E-state index in [-0.39, 0.29) is 0 Å². The second-order valence-electron chi connectivity index (χ2n) is 4.78. The van der Waals surface area contributed by atoms with Crippen LogP contribution in [0.3, 0.4) is 0 Å². The minimum atomic E-state index is 0.328. The summed E-state index contributed by atoms with van der Waals surface area (Å²) in [4.78, 5) is 8.38. The topological polar surface area (TPSA) is 35.0 Å². The zero-order valence-electron chi connectivity index (χ0n) is 11.4. The molecule has 0 atom stereocenters. The lowest BCUT2D eigenvalue weighted by Gasteiger charge is -2.14. The van der Waals surface area contributed by atoms with Crippen LogP contribution in [0.5, 0.6) is 11.6 Å². The van der Waals surface area contributed by atoms with Gasteiger partial charge in [-0.05, 0) is 30.0 Å². The molecule has 0 aliphatic heterocycles. The summed E-state index contributed by atoms with van der Waals surface area (Å²) in [6, 6.07) is 6.20. The smallest absolute Gasteiger partial charge is 0.238 e. The van der Waals surface area contributed by atoms with Crippen molar-refractivity contribution in [1.29, 1.82) is 0 Å². The number of ether oxygens (including phenoxy) is 1. The lowest BCUT2D eigenvalue weighted by molar-refractivity contribution is 0.450. The molecule has 0 saturated heterocycles. The van der Waals surface area contributed by atoms with E-state index in [1.165, 1.54) is 0 Å². The number of halogens is 1. The maximum Gasteiger partial charge on any atom is 0.238 e. The van der Waals surface area contributed by atoms with Crippen LogP contribution < -0.4 is 4.74 Å². The van der Waals surface area contributed by atoms with Crippen LogP contribution in [-0.4, -0.2) is 9.97 Å². The molecule has 0 amide bonds. The van der Waals surface area contributed by atoms with E-state index in [1.807, 2.05) is 13.0 Å². The second-order valence-corrected chi connectivity index (χ2v) is 5.05. The van der Waals surface area contributed by atoms with Crippen LogP contribution in [0, 0.1) is 6.92 Å². The third-order valence-corrected chi connectivity index (χ3v) is 3.08. The third-order valence-electron chi connectivity index (χ3n) is 2.80. The van der Waals surface area contributed by atoms with Crippen LogP contribution >= 0.6 is 11.6 Å². The van der Waals surface area contributed by atoms with Gasteiger partial charge in [0.2, 0.25) is 5.88 Å². The molecule has 100 valence electrons. The molecule has 0 bridgehead atoms. The molecule has 2 rings (SSSR count). The fourth-order valence-electron chi connectivity index (χ4n) is 1.82. The van der Waals surface area contributed by atoms with Gasteiger partial charge in [-0.15, -0.1) is 11.6 Å². The molecule has 0 unspecified atom stereocenters. The first kappa shape index (κ1) is 13.8. The Morgan fingerprint density at radius 1 is 1.26 bits per heavy atom. The first-order chi connectivity index (χ1) is 9.10. The Bertz CT molecular complexity index is 570. The van der Waals surface area contributed by atoms with Gasteiger partial charge in [0, 0.05) is 6.20 Å². The van der Waals surface area contributed by atoms with Gasteiger partial charge >= 0.3 is 0 Å².